The molecule has 1 aromatic heterocycles. The molecule has 0 unspecified atom stereocenters. The molecule has 0 fully saturated rings. The summed E-state index contributed by atoms with van der Waals surface area (Å²) in [4.78, 5) is 2.68. The largest absolute Gasteiger partial charge is 0.506 e. The molecular formula is C16H17N3OS. The minimum Gasteiger partial charge on any atom is -0.506 e. The van der Waals surface area contributed by atoms with Crippen LogP contribution in [0.1, 0.15) is 19.4 Å². The first-order chi connectivity index (χ1) is 10.0. The lowest BCUT2D eigenvalue weighted by Gasteiger charge is -2.03. The van der Waals surface area contributed by atoms with Gasteiger partial charge < -0.3 is 5.11 Å². The van der Waals surface area contributed by atoms with E-state index >= 15 is 0 Å². The Kier molecular flexibility index (Phi) is 3.59. The van der Waals surface area contributed by atoms with Crippen LogP contribution in [0.4, 0.5) is 0 Å². The van der Waals surface area contributed by atoms with E-state index in [1.54, 1.807) is 17.8 Å². The van der Waals surface area contributed by atoms with Crippen LogP contribution in [0.5, 0.6) is 5.75 Å². The van der Waals surface area contributed by atoms with Crippen molar-refractivity contribution in [2.75, 3.05) is 0 Å². The van der Waals surface area contributed by atoms with Crippen molar-refractivity contribution in [3.05, 3.63) is 42.0 Å². The lowest BCUT2D eigenvalue weighted by molar-refractivity contribution is 0.467. The molecule has 5 heteroatoms. The number of fused-ring (bicyclic) bond motifs is 1. The molecule has 108 valence electrons. The topological polar surface area (TPSA) is 50.9 Å². The van der Waals surface area contributed by atoms with Gasteiger partial charge in [-0.05, 0) is 42.8 Å². The highest BCUT2D eigenvalue weighted by Gasteiger charge is 2.10. The summed E-state index contributed by atoms with van der Waals surface area (Å²) in [7, 11) is 0. The van der Waals surface area contributed by atoms with Crippen LogP contribution in [0.2, 0.25) is 0 Å². The first-order valence-corrected chi connectivity index (χ1v) is 7.74. The highest BCUT2D eigenvalue weighted by atomic mass is 32.2. The van der Waals surface area contributed by atoms with Crippen LogP contribution in [0.3, 0.4) is 0 Å². The van der Waals surface area contributed by atoms with E-state index < -0.39 is 0 Å². The summed E-state index contributed by atoms with van der Waals surface area (Å²) in [6.07, 6.45) is 0. The Morgan fingerprint density at radius 2 is 1.81 bits per heavy atom. The number of thioether (sulfide) groups is 1. The van der Waals surface area contributed by atoms with Crippen LogP contribution in [0.15, 0.2) is 41.3 Å². The summed E-state index contributed by atoms with van der Waals surface area (Å²) in [6.45, 7) is 6.30. The fourth-order valence-electron chi connectivity index (χ4n) is 2.14. The van der Waals surface area contributed by atoms with Gasteiger partial charge in [-0.15, -0.1) is 26.8 Å². The number of aryl methyl sites for hydroxylation is 1. The van der Waals surface area contributed by atoms with Crippen molar-refractivity contribution in [3.63, 3.8) is 0 Å². The van der Waals surface area contributed by atoms with E-state index in [4.69, 9.17) is 0 Å². The second kappa shape index (κ2) is 5.41. The number of hydrogen-bond donors (Lipinski definition) is 1. The third kappa shape index (κ3) is 2.88. The van der Waals surface area contributed by atoms with Gasteiger partial charge in [-0.3, -0.25) is 0 Å². The maximum absolute atomic E-state index is 9.98. The Labute approximate surface area is 127 Å². The normalized spacial score (nSPS) is 11.4. The van der Waals surface area contributed by atoms with Gasteiger partial charge >= 0.3 is 0 Å². The van der Waals surface area contributed by atoms with Crippen molar-refractivity contribution in [3.8, 4) is 11.4 Å². The number of phenols is 1. The number of rotatable bonds is 3. The summed E-state index contributed by atoms with van der Waals surface area (Å²) in [5.41, 5.74) is 3.31. The summed E-state index contributed by atoms with van der Waals surface area (Å²) in [6, 6.07) is 11.5. The fraction of sp³-hybridized carbons (Fsp3) is 0.250. The quantitative estimate of drug-likeness (QED) is 0.744. The third-order valence-electron chi connectivity index (χ3n) is 3.07. The van der Waals surface area contributed by atoms with E-state index in [1.165, 1.54) is 9.69 Å². The molecule has 0 aliphatic rings. The van der Waals surface area contributed by atoms with Gasteiger partial charge in [0.15, 0.2) is 0 Å². The van der Waals surface area contributed by atoms with Crippen molar-refractivity contribution < 1.29 is 5.11 Å². The highest BCUT2D eigenvalue weighted by Crippen LogP contribution is 2.27. The van der Waals surface area contributed by atoms with Gasteiger partial charge in [0, 0.05) is 10.1 Å². The van der Waals surface area contributed by atoms with E-state index in [9.17, 15) is 5.11 Å². The first kappa shape index (κ1) is 13.9. The van der Waals surface area contributed by atoms with Gasteiger partial charge in [-0.25, -0.2) is 0 Å². The number of nitrogens with zero attached hydrogens (tertiary/aromatic N) is 3. The number of aromatic nitrogens is 3. The fourth-order valence-corrected chi connectivity index (χ4v) is 3.01. The van der Waals surface area contributed by atoms with E-state index in [0.717, 1.165) is 16.6 Å². The molecule has 2 aromatic carbocycles. The molecule has 0 aliphatic carbocycles. The molecule has 0 bridgehead atoms. The molecule has 0 saturated carbocycles. The minimum absolute atomic E-state index is 0.178. The molecule has 0 amide bonds. The summed E-state index contributed by atoms with van der Waals surface area (Å²) >= 11 is 1.80. The van der Waals surface area contributed by atoms with Gasteiger partial charge in [0.25, 0.3) is 0 Å². The van der Waals surface area contributed by atoms with Gasteiger partial charge in [0.1, 0.15) is 22.5 Å². The predicted molar refractivity (Wildman–Crippen MR) is 86.3 cm³/mol. The minimum atomic E-state index is 0.178. The van der Waals surface area contributed by atoms with Crippen LogP contribution in [-0.2, 0) is 0 Å². The molecule has 0 atom stereocenters. The van der Waals surface area contributed by atoms with E-state index in [1.807, 2.05) is 31.2 Å². The molecule has 21 heavy (non-hydrogen) atoms. The molecule has 1 heterocycles. The zero-order valence-corrected chi connectivity index (χ0v) is 13.1. The van der Waals surface area contributed by atoms with Crippen LogP contribution in [0, 0.1) is 6.92 Å². The average molecular weight is 299 g/mol. The van der Waals surface area contributed by atoms with E-state index in [0.29, 0.717) is 10.9 Å². The standard InChI is InChI=1S/C16H17N3OS/c1-10(2)21-12-5-6-13-14(9-12)18-19(17-13)15-8-11(3)4-7-16(15)20/h4-10,20H,1-3H3. The van der Waals surface area contributed by atoms with Gasteiger partial charge in [0.2, 0.25) is 0 Å². The maximum Gasteiger partial charge on any atom is 0.143 e. The third-order valence-corrected chi connectivity index (χ3v) is 4.07. The molecule has 0 aliphatic heterocycles. The average Bonchev–Trinajstić information content (AvgIpc) is 2.83. The van der Waals surface area contributed by atoms with Crippen LogP contribution < -0.4 is 0 Å². The second-order valence-corrected chi connectivity index (χ2v) is 6.95. The SMILES string of the molecule is Cc1ccc(O)c(-n2nc3ccc(SC(C)C)cc3n2)c1. The lowest BCUT2D eigenvalue weighted by Crippen LogP contribution is -1.99. The molecule has 3 rings (SSSR count). The number of benzene rings is 2. The molecule has 3 aromatic rings. The molecule has 4 nitrogen and oxygen atoms in total. The lowest BCUT2D eigenvalue weighted by atomic mass is 10.2. The Bertz CT molecular complexity index is 795. The van der Waals surface area contributed by atoms with Crippen molar-refractivity contribution in [1.82, 2.24) is 15.0 Å². The Balaban J connectivity index is 2.06. The van der Waals surface area contributed by atoms with Crippen LogP contribution >= 0.6 is 11.8 Å². The first-order valence-electron chi connectivity index (χ1n) is 6.87. The Morgan fingerprint density at radius 3 is 2.57 bits per heavy atom. The van der Waals surface area contributed by atoms with Crippen molar-refractivity contribution >= 4 is 22.8 Å². The zero-order valence-electron chi connectivity index (χ0n) is 12.2. The predicted octanol–water partition coefficient (Wildman–Crippen LogP) is 3.94. The van der Waals surface area contributed by atoms with Crippen LogP contribution in [0.25, 0.3) is 16.7 Å². The smallest absolute Gasteiger partial charge is 0.143 e. The van der Waals surface area contributed by atoms with Gasteiger partial charge in [0.05, 0.1) is 0 Å². The molecule has 1 N–H and O–H groups in total. The van der Waals surface area contributed by atoms with Gasteiger partial charge in [-0.2, -0.15) is 0 Å². The molecule has 0 spiro atoms. The highest BCUT2D eigenvalue weighted by molar-refractivity contribution is 7.99. The summed E-state index contributed by atoms with van der Waals surface area (Å²) in [5.74, 6) is 0.178. The van der Waals surface area contributed by atoms with Crippen molar-refractivity contribution in [2.24, 2.45) is 0 Å². The number of hydrogen-bond acceptors (Lipinski definition) is 4. The number of phenolic OH excluding ortho intramolecular Hbond substituents is 1. The summed E-state index contributed by atoms with van der Waals surface area (Å²) < 4.78 is 0. The summed E-state index contributed by atoms with van der Waals surface area (Å²) in [5, 5.41) is 19.4. The molecular weight excluding hydrogens is 282 g/mol. The Morgan fingerprint density at radius 1 is 1.05 bits per heavy atom. The van der Waals surface area contributed by atoms with Crippen molar-refractivity contribution in [1.29, 1.82) is 0 Å². The monoisotopic (exact) mass is 299 g/mol. The maximum atomic E-state index is 9.98. The van der Waals surface area contributed by atoms with E-state index in [-0.39, 0.29) is 5.75 Å². The van der Waals surface area contributed by atoms with Crippen LogP contribution in [-0.4, -0.2) is 25.4 Å². The Hall–Kier alpha value is -2.01. The van der Waals surface area contributed by atoms with Crippen molar-refractivity contribution in [2.45, 2.75) is 30.9 Å². The second-order valence-electron chi connectivity index (χ2n) is 5.30. The molecule has 0 radical (unpaired) electrons. The van der Waals surface area contributed by atoms with E-state index in [2.05, 4.69) is 30.1 Å². The molecule has 0 saturated heterocycles. The van der Waals surface area contributed by atoms with Gasteiger partial charge in [-0.1, -0.05) is 19.9 Å². The zero-order chi connectivity index (χ0) is 15.0. The number of aromatic hydroxyl groups is 1.